The van der Waals surface area contributed by atoms with Crippen LogP contribution in [-0.4, -0.2) is 22.9 Å². The summed E-state index contributed by atoms with van der Waals surface area (Å²) in [5, 5.41) is 1.73. The second kappa shape index (κ2) is 2.74. The zero-order chi connectivity index (χ0) is 5.15. The highest BCUT2D eigenvalue weighted by Gasteiger charge is 1.87. The summed E-state index contributed by atoms with van der Waals surface area (Å²) in [6.45, 7) is 0. The molecule has 38 valence electrons. The van der Waals surface area contributed by atoms with E-state index in [9.17, 15) is 0 Å². The quantitative estimate of drug-likeness (QED) is 0.387. The maximum absolute atomic E-state index is 3.82. The molecule has 0 fully saturated rings. The topological polar surface area (TPSA) is 6.48 Å². The molecule has 0 spiro atoms. The zero-order valence-electron chi connectivity index (χ0n) is 3.79. The third kappa shape index (κ3) is 2.84. The molecule has 0 heterocycles. The molecule has 0 aromatic heterocycles. The Morgan fingerprint density at radius 1 is 1.17 bits per heavy atom. The molecule has 2 nitrogen and oxygen atoms in total. The Morgan fingerprint density at radius 2 is 1.33 bits per heavy atom. The van der Waals surface area contributed by atoms with Gasteiger partial charge in [0.15, 0.2) is 0 Å². The highest BCUT2D eigenvalue weighted by molar-refractivity contribution is 7.93. The lowest BCUT2D eigenvalue weighted by atomic mass is 11.2. The second-order valence-corrected chi connectivity index (χ2v) is 2.19. The van der Waals surface area contributed by atoms with Gasteiger partial charge in [-0.3, -0.25) is 0 Å². The molecule has 0 aromatic carbocycles. The fourth-order valence-electron chi connectivity index (χ4n) is 0. The lowest BCUT2D eigenvalue weighted by Gasteiger charge is -2.13. The Morgan fingerprint density at radius 3 is 1.33 bits per heavy atom. The lowest BCUT2D eigenvalue weighted by Crippen LogP contribution is -2.19. The molecule has 0 aliphatic carbocycles. The van der Waals surface area contributed by atoms with Crippen LogP contribution in [0.5, 0.6) is 0 Å². The van der Waals surface area contributed by atoms with E-state index in [0.29, 0.717) is 0 Å². The van der Waals surface area contributed by atoms with Crippen molar-refractivity contribution in [2.24, 2.45) is 0 Å². The van der Waals surface area contributed by atoms with E-state index in [1.807, 2.05) is 14.1 Å². The molecule has 4 heteroatoms. The van der Waals surface area contributed by atoms with E-state index in [4.69, 9.17) is 0 Å². The summed E-state index contributed by atoms with van der Waals surface area (Å²) in [5.74, 6) is 0. The summed E-state index contributed by atoms with van der Waals surface area (Å²) in [4.78, 5) is 0. The standard InChI is InChI=1S/C2H8N2S2/c1-3(2)4(5)6/h5-6H,1-2H3. The van der Waals surface area contributed by atoms with Crippen LogP contribution in [0, 0.1) is 0 Å². The smallest absolute Gasteiger partial charge is 0.00332 e. The van der Waals surface area contributed by atoms with Gasteiger partial charge in [-0.25, -0.2) is 5.01 Å². The molecular weight excluding hydrogens is 116 g/mol. The molecule has 0 amide bonds. The van der Waals surface area contributed by atoms with E-state index >= 15 is 0 Å². The van der Waals surface area contributed by atoms with Crippen molar-refractivity contribution in [3.63, 3.8) is 0 Å². The minimum atomic E-state index is 1.39. The van der Waals surface area contributed by atoms with E-state index in [-0.39, 0.29) is 0 Å². The summed E-state index contributed by atoms with van der Waals surface area (Å²) in [5.41, 5.74) is 0. The fraction of sp³-hybridized carbons (Fsp3) is 1.00. The Bertz CT molecular complexity index is 30.5. The SMILES string of the molecule is CN(C)N(S)S. The van der Waals surface area contributed by atoms with Crippen molar-refractivity contribution in [1.29, 1.82) is 0 Å². The van der Waals surface area contributed by atoms with E-state index in [1.54, 1.807) is 5.01 Å². The predicted octanol–water partition coefficient (Wildman–Crippen LogP) is 0.455. The first-order valence-electron chi connectivity index (χ1n) is 1.49. The summed E-state index contributed by atoms with van der Waals surface area (Å²) in [6, 6.07) is 0. The van der Waals surface area contributed by atoms with Gasteiger partial charge in [0.2, 0.25) is 0 Å². The highest BCUT2D eigenvalue weighted by Crippen LogP contribution is 1.96. The predicted molar refractivity (Wildman–Crippen MR) is 33.5 cm³/mol. The van der Waals surface area contributed by atoms with Gasteiger partial charge in [0.25, 0.3) is 0 Å². The summed E-state index contributed by atoms with van der Waals surface area (Å²) in [6.07, 6.45) is 0. The molecule has 0 N–H and O–H groups in total. The molecule has 0 aliphatic rings. The van der Waals surface area contributed by atoms with Gasteiger partial charge in [-0.05, 0) is 0 Å². The Labute approximate surface area is 49.2 Å². The molecule has 0 rings (SSSR count). The minimum Gasteiger partial charge on any atom is -0.229 e. The van der Waals surface area contributed by atoms with Gasteiger partial charge in [0, 0.05) is 14.1 Å². The van der Waals surface area contributed by atoms with E-state index in [2.05, 4.69) is 25.6 Å². The first kappa shape index (κ1) is 6.62. The van der Waals surface area contributed by atoms with Crippen LogP contribution in [0.1, 0.15) is 0 Å². The van der Waals surface area contributed by atoms with Crippen molar-refractivity contribution in [3.8, 4) is 0 Å². The van der Waals surface area contributed by atoms with Crippen LogP contribution in [0.25, 0.3) is 0 Å². The van der Waals surface area contributed by atoms with Crippen LogP contribution in [0.2, 0.25) is 0 Å². The fourth-order valence-corrected chi connectivity index (χ4v) is 0. The number of nitrogens with zero attached hydrogens (tertiary/aromatic N) is 2. The van der Waals surface area contributed by atoms with Gasteiger partial charge < -0.3 is 0 Å². The molecule has 0 bridgehead atoms. The highest BCUT2D eigenvalue weighted by atomic mass is 32.2. The van der Waals surface area contributed by atoms with Crippen LogP contribution in [-0.2, 0) is 0 Å². The van der Waals surface area contributed by atoms with Crippen molar-refractivity contribution in [3.05, 3.63) is 0 Å². The van der Waals surface area contributed by atoms with Crippen LogP contribution in [0.15, 0.2) is 0 Å². The van der Waals surface area contributed by atoms with Crippen molar-refractivity contribution < 1.29 is 0 Å². The average Bonchev–Trinajstić information content (AvgIpc) is 1.36. The lowest BCUT2D eigenvalue weighted by molar-refractivity contribution is 0.267. The molecule has 0 aromatic rings. The Kier molecular flexibility index (Phi) is 3.02. The monoisotopic (exact) mass is 124 g/mol. The number of hydrogen-bond acceptors (Lipinski definition) is 4. The normalized spacial score (nSPS) is 11.0. The molecule has 0 aliphatic heterocycles. The largest absolute Gasteiger partial charge is 0.229 e. The van der Waals surface area contributed by atoms with Gasteiger partial charge in [-0.15, -0.1) is 3.82 Å². The van der Waals surface area contributed by atoms with Gasteiger partial charge in [-0.2, -0.15) is 0 Å². The molecule has 0 radical (unpaired) electrons. The molecular formula is C2H8N2S2. The van der Waals surface area contributed by atoms with Crippen LogP contribution >= 0.6 is 25.6 Å². The van der Waals surface area contributed by atoms with Crippen LogP contribution in [0.3, 0.4) is 0 Å². The van der Waals surface area contributed by atoms with Crippen LogP contribution < -0.4 is 0 Å². The zero-order valence-corrected chi connectivity index (χ0v) is 5.58. The van der Waals surface area contributed by atoms with Gasteiger partial charge in [0.05, 0.1) is 0 Å². The van der Waals surface area contributed by atoms with Crippen molar-refractivity contribution in [2.75, 3.05) is 14.1 Å². The average molecular weight is 124 g/mol. The molecule has 0 saturated heterocycles. The summed E-state index contributed by atoms with van der Waals surface area (Å²) < 4.78 is 1.39. The second-order valence-electron chi connectivity index (χ2n) is 1.12. The van der Waals surface area contributed by atoms with Gasteiger partial charge in [0.1, 0.15) is 0 Å². The Balaban J connectivity index is 2.99. The van der Waals surface area contributed by atoms with Gasteiger partial charge >= 0.3 is 0 Å². The minimum absolute atomic E-state index is 1.39. The Hall–Kier alpha value is 0.620. The number of hydrogen-bond donors (Lipinski definition) is 2. The number of rotatable bonds is 1. The molecule has 0 saturated carbocycles. The number of hydrazine groups is 1. The van der Waals surface area contributed by atoms with Crippen molar-refractivity contribution in [2.45, 2.75) is 0 Å². The maximum atomic E-state index is 3.82. The summed E-state index contributed by atoms with van der Waals surface area (Å²) in [7, 11) is 3.69. The molecule has 0 atom stereocenters. The first-order chi connectivity index (χ1) is 2.64. The van der Waals surface area contributed by atoms with E-state index < -0.39 is 0 Å². The third-order valence-corrected chi connectivity index (χ3v) is 1.07. The molecule has 6 heavy (non-hydrogen) atoms. The maximum Gasteiger partial charge on any atom is 0.00332 e. The van der Waals surface area contributed by atoms with Crippen LogP contribution in [0.4, 0.5) is 0 Å². The number of thiol groups is 2. The van der Waals surface area contributed by atoms with E-state index in [1.165, 1.54) is 3.82 Å². The first-order valence-corrected chi connectivity index (χ1v) is 2.29. The molecule has 0 unspecified atom stereocenters. The third-order valence-electron chi connectivity index (χ3n) is 0.358. The van der Waals surface area contributed by atoms with Gasteiger partial charge in [-0.1, -0.05) is 25.6 Å². The van der Waals surface area contributed by atoms with Crippen molar-refractivity contribution >= 4 is 25.6 Å². The van der Waals surface area contributed by atoms with Crippen molar-refractivity contribution in [1.82, 2.24) is 8.83 Å². The van der Waals surface area contributed by atoms with E-state index in [0.717, 1.165) is 0 Å². The summed E-state index contributed by atoms with van der Waals surface area (Å²) >= 11 is 7.63.